The second-order valence-electron chi connectivity index (χ2n) is 6.86. The summed E-state index contributed by atoms with van der Waals surface area (Å²) in [6.07, 6.45) is 1.28. The lowest BCUT2D eigenvalue weighted by molar-refractivity contribution is 0.0470. The lowest BCUT2D eigenvalue weighted by atomic mass is 10.1. The lowest BCUT2D eigenvalue weighted by Gasteiger charge is -2.10. The molecule has 1 amide bonds. The third kappa shape index (κ3) is 3.61. The van der Waals surface area contributed by atoms with Crippen molar-refractivity contribution in [3.05, 3.63) is 82.8 Å². The first-order chi connectivity index (χ1) is 14.8. The Morgan fingerprint density at radius 1 is 1.06 bits per heavy atom. The van der Waals surface area contributed by atoms with E-state index in [9.17, 15) is 18.4 Å². The Bertz CT molecular complexity index is 1360. The summed E-state index contributed by atoms with van der Waals surface area (Å²) in [5.74, 6) is -2.30. The zero-order valence-corrected chi connectivity index (χ0v) is 16.5. The van der Waals surface area contributed by atoms with Crippen LogP contribution in [0, 0.1) is 25.5 Å². The minimum atomic E-state index is -0.788. The molecule has 4 aromatic rings. The molecular weight excluding hydrogens is 406 g/mol. The number of hydrogen-bond acceptors (Lipinski definition) is 5. The van der Waals surface area contributed by atoms with Crippen molar-refractivity contribution in [3.8, 4) is 11.4 Å². The van der Waals surface area contributed by atoms with Gasteiger partial charge in [0.15, 0.2) is 5.82 Å². The molecule has 0 fully saturated rings. The zero-order valence-electron chi connectivity index (χ0n) is 16.5. The number of aryl methyl sites for hydroxylation is 1. The second kappa shape index (κ2) is 7.60. The predicted octanol–water partition coefficient (Wildman–Crippen LogP) is 3.36. The van der Waals surface area contributed by atoms with E-state index in [1.807, 2.05) is 0 Å². The van der Waals surface area contributed by atoms with Crippen molar-refractivity contribution >= 4 is 22.8 Å². The maximum Gasteiger partial charge on any atom is 0.367 e. The minimum absolute atomic E-state index is 0.0525. The molecule has 2 N–H and O–H groups in total. The van der Waals surface area contributed by atoms with E-state index in [0.717, 1.165) is 10.8 Å². The molecule has 9 heteroatoms. The second-order valence-corrected chi connectivity index (χ2v) is 6.86. The normalized spacial score (nSPS) is 11.0. The highest BCUT2D eigenvalue weighted by Crippen LogP contribution is 2.26. The molecule has 4 rings (SSSR count). The molecule has 0 saturated heterocycles. The fourth-order valence-corrected chi connectivity index (χ4v) is 3.36. The van der Waals surface area contributed by atoms with Crippen molar-refractivity contribution in [2.45, 2.75) is 13.8 Å². The number of aromatic nitrogens is 3. The molecule has 0 unspecified atom stereocenters. The molecular formula is C22H16F2N4O3. The van der Waals surface area contributed by atoms with Gasteiger partial charge in [-0.15, -0.1) is 0 Å². The average Bonchev–Trinajstić information content (AvgIpc) is 2.98. The number of rotatable bonds is 4. The van der Waals surface area contributed by atoms with Crippen molar-refractivity contribution in [2.24, 2.45) is 5.73 Å². The molecule has 0 aliphatic carbocycles. The molecule has 31 heavy (non-hydrogen) atoms. The van der Waals surface area contributed by atoms with Crippen LogP contribution >= 0.6 is 0 Å². The molecule has 0 radical (unpaired) electrons. The first kappa shape index (κ1) is 20.1. The number of carbonyl (C=O) groups is 2. The number of hydrogen-bond donors (Lipinski definition) is 1. The number of benzene rings is 2. The number of nitrogens with zero attached hydrogens (tertiary/aromatic N) is 3. The van der Waals surface area contributed by atoms with Crippen LogP contribution in [0.3, 0.4) is 0 Å². The Morgan fingerprint density at radius 3 is 2.48 bits per heavy atom. The summed E-state index contributed by atoms with van der Waals surface area (Å²) >= 11 is 0. The van der Waals surface area contributed by atoms with Gasteiger partial charge in [0.25, 0.3) is 5.91 Å². The highest BCUT2D eigenvalue weighted by molar-refractivity contribution is 6.07. The van der Waals surface area contributed by atoms with Crippen LogP contribution < -0.4 is 10.6 Å². The predicted molar refractivity (Wildman–Crippen MR) is 108 cm³/mol. The first-order valence-corrected chi connectivity index (χ1v) is 9.19. The van der Waals surface area contributed by atoms with Gasteiger partial charge in [-0.3, -0.25) is 4.79 Å². The van der Waals surface area contributed by atoms with Crippen molar-refractivity contribution in [3.63, 3.8) is 0 Å². The van der Waals surface area contributed by atoms with Crippen molar-refractivity contribution < 1.29 is 23.2 Å². The number of halogens is 2. The van der Waals surface area contributed by atoms with Gasteiger partial charge < -0.3 is 10.6 Å². The van der Waals surface area contributed by atoms with E-state index >= 15 is 0 Å². The smallest absolute Gasteiger partial charge is 0.366 e. The zero-order chi connectivity index (χ0) is 22.3. The largest absolute Gasteiger partial charge is 0.367 e. The molecule has 2 heterocycles. The quantitative estimate of drug-likeness (QED) is 0.544. The summed E-state index contributed by atoms with van der Waals surface area (Å²) in [5, 5.41) is 0.229. The van der Waals surface area contributed by atoms with Gasteiger partial charge in [0.1, 0.15) is 17.2 Å². The number of amides is 1. The number of nitrogens with two attached hydrogens (primary N) is 1. The maximum absolute atomic E-state index is 13.7. The van der Waals surface area contributed by atoms with Crippen LogP contribution in [0.4, 0.5) is 8.78 Å². The lowest BCUT2D eigenvalue weighted by Crippen LogP contribution is -2.23. The molecule has 7 nitrogen and oxygen atoms in total. The Balaban J connectivity index is 1.71. The van der Waals surface area contributed by atoms with Gasteiger partial charge in [-0.25, -0.2) is 23.5 Å². The molecule has 0 aliphatic heterocycles. The minimum Gasteiger partial charge on any atom is -0.366 e. The summed E-state index contributed by atoms with van der Waals surface area (Å²) in [7, 11) is 0. The van der Waals surface area contributed by atoms with Crippen LogP contribution in [0.1, 0.15) is 32.1 Å². The van der Waals surface area contributed by atoms with Crippen molar-refractivity contribution in [2.75, 3.05) is 0 Å². The van der Waals surface area contributed by atoms with E-state index in [4.69, 9.17) is 10.6 Å². The van der Waals surface area contributed by atoms with Crippen LogP contribution in [0.5, 0.6) is 0 Å². The van der Waals surface area contributed by atoms with Gasteiger partial charge in [0.05, 0.1) is 22.5 Å². The molecule has 0 saturated carbocycles. The standard InChI is InChI=1S/C22H16F2N4O3/c1-11-17(10-26-21(27-11)13-4-3-5-14(23)8-13)22(30)31-28-12(2)19(20(25)29)16-9-15(24)6-7-18(16)28/h3-10H,1-2H3,(H2,25,29). The molecule has 0 aliphatic rings. The first-order valence-electron chi connectivity index (χ1n) is 9.19. The summed E-state index contributed by atoms with van der Waals surface area (Å²) in [5.41, 5.74) is 6.88. The molecule has 2 aromatic carbocycles. The summed E-state index contributed by atoms with van der Waals surface area (Å²) in [6, 6.07) is 9.48. The molecule has 0 bridgehead atoms. The molecule has 0 atom stereocenters. The van der Waals surface area contributed by atoms with Crippen LogP contribution in [-0.2, 0) is 0 Å². The maximum atomic E-state index is 13.7. The Kier molecular flexibility index (Phi) is 4.94. The number of fused-ring (bicyclic) bond motifs is 1. The van der Waals surface area contributed by atoms with Gasteiger partial charge >= 0.3 is 5.97 Å². The fourth-order valence-electron chi connectivity index (χ4n) is 3.36. The van der Waals surface area contributed by atoms with Gasteiger partial charge in [0.2, 0.25) is 0 Å². The highest BCUT2D eigenvalue weighted by Gasteiger charge is 2.23. The van der Waals surface area contributed by atoms with E-state index in [1.54, 1.807) is 13.0 Å². The van der Waals surface area contributed by atoms with Gasteiger partial charge in [-0.2, -0.15) is 4.73 Å². The van der Waals surface area contributed by atoms with E-state index in [0.29, 0.717) is 16.8 Å². The van der Waals surface area contributed by atoms with Crippen molar-refractivity contribution in [1.82, 2.24) is 14.7 Å². The number of carbonyl (C=O) groups excluding carboxylic acids is 2. The molecule has 2 aromatic heterocycles. The molecule has 0 spiro atoms. The van der Waals surface area contributed by atoms with Crippen LogP contribution in [0.2, 0.25) is 0 Å². The summed E-state index contributed by atoms with van der Waals surface area (Å²) in [6.45, 7) is 3.12. The van der Waals surface area contributed by atoms with E-state index in [-0.39, 0.29) is 28.0 Å². The monoisotopic (exact) mass is 422 g/mol. The average molecular weight is 422 g/mol. The molecule has 156 valence electrons. The van der Waals surface area contributed by atoms with E-state index < -0.39 is 23.5 Å². The Morgan fingerprint density at radius 2 is 1.81 bits per heavy atom. The van der Waals surface area contributed by atoms with Gasteiger partial charge in [-0.1, -0.05) is 12.1 Å². The number of primary amides is 1. The van der Waals surface area contributed by atoms with Crippen molar-refractivity contribution in [1.29, 1.82) is 0 Å². The van der Waals surface area contributed by atoms with Gasteiger partial charge in [-0.05, 0) is 44.2 Å². The van der Waals surface area contributed by atoms with E-state index in [2.05, 4.69) is 9.97 Å². The SMILES string of the molecule is Cc1nc(-c2cccc(F)c2)ncc1C(=O)On1c(C)c(C(N)=O)c2cc(F)ccc21. The summed E-state index contributed by atoms with van der Waals surface area (Å²) in [4.78, 5) is 38.5. The third-order valence-corrected chi connectivity index (χ3v) is 4.82. The van der Waals surface area contributed by atoms with Crippen LogP contribution in [0.25, 0.3) is 22.3 Å². The van der Waals surface area contributed by atoms with Gasteiger partial charge in [0, 0.05) is 17.1 Å². The Hall–Kier alpha value is -4.14. The Labute approximate surface area is 175 Å². The summed E-state index contributed by atoms with van der Waals surface area (Å²) < 4.78 is 28.3. The van der Waals surface area contributed by atoms with Crippen LogP contribution in [0.15, 0.2) is 48.7 Å². The third-order valence-electron chi connectivity index (χ3n) is 4.82. The van der Waals surface area contributed by atoms with Crippen LogP contribution in [-0.4, -0.2) is 26.6 Å². The van der Waals surface area contributed by atoms with E-state index in [1.165, 1.54) is 43.5 Å². The topological polar surface area (TPSA) is 100 Å². The highest BCUT2D eigenvalue weighted by atomic mass is 19.1. The fraction of sp³-hybridized carbons (Fsp3) is 0.0909.